The molecular weight excluding hydrogens is 246 g/mol. The van der Waals surface area contributed by atoms with E-state index in [1.54, 1.807) is 0 Å². The SMILES string of the molecule is OCC(CO)N[C@H]1CC(O)(CO)[C@@H](O)C(O)[C@H]1O. The quantitative estimate of drug-likeness (QED) is 0.248. The lowest BCUT2D eigenvalue weighted by Gasteiger charge is -2.46. The molecule has 0 aromatic heterocycles. The summed E-state index contributed by atoms with van der Waals surface area (Å²) in [5.41, 5.74) is -1.94. The lowest BCUT2D eigenvalue weighted by Crippen LogP contribution is -2.68. The maximum Gasteiger partial charge on any atom is 0.118 e. The number of aliphatic hydroxyl groups is 7. The second-order valence-corrected chi connectivity index (χ2v) is 4.73. The van der Waals surface area contributed by atoms with Gasteiger partial charge < -0.3 is 41.1 Å². The van der Waals surface area contributed by atoms with Crippen molar-refractivity contribution in [3.05, 3.63) is 0 Å². The number of nitrogens with one attached hydrogen (secondary N) is 1. The van der Waals surface area contributed by atoms with Crippen LogP contribution in [0.15, 0.2) is 0 Å². The molecule has 18 heavy (non-hydrogen) atoms. The largest absolute Gasteiger partial charge is 0.395 e. The van der Waals surface area contributed by atoms with E-state index in [1.165, 1.54) is 0 Å². The molecule has 1 rings (SSSR count). The van der Waals surface area contributed by atoms with E-state index >= 15 is 0 Å². The van der Waals surface area contributed by atoms with Crippen molar-refractivity contribution in [3.63, 3.8) is 0 Å². The Morgan fingerprint density at radius 2 is 1.61 bits per heavy atom. The zero-order valence-electron chi connectivity index (χ0n) is 9.85. The van der Waals surface area contributed by atoms with Gasteiger partial charge in [0, 0.05) is 6.04 Å². The van der Waals surface area contributed by atoms with Crippen LogP contribution < -0.4 is 5.32 Å². The third-order valence-electron chi connectivity index (χ3n) is 3.37. The molecule has 1 aliphatic carbocycles. The van der Waals surface area contributed by atoms with Crippen LogP contribution in [0.5, 0.6) is 0 Å². The van der Waals surface area contributed by atoms with Gasteiger partial charge in [0.1, 0.15) is 17.8 Å². The van der Waals surface area contributed by atoms with E-state index in [0.717, 1.165) is 0 Å². The first-order chi connectivity index (χ1) is 8.39. The van der Waals surface area contributed by atoms with Gasteiger partial charge >= 0.3 is 0 Å². The van der Waals surface area contributed by atoms with Crippen LogP contribution in [0.1, 0.15) is 6.42 Å². The van der Waals surface area contributed by atoms with Crippen molar-refractivity contribution in [2.24, 2.45) is 0 Å². The molecule has 8 nitrogen and oxygen atoms in total. The van der Waals surface area contributed by atoms with E-state index in [4.69, 9.17) is 15.3 Å². The van der Waals surface area contributed by atoms with E-state index < -0.39 is 55.8 Å². The Morgan fingerprint density at radius 3 is 2.06 bits per heavy atom. The summed E-state index contributed by atoms with van der Waals surface area (Å²) in [6.45, 7) is -1.56. The van der Waals surface area contributed by atoms with Crippen molar-refractivity contribution >= 4 is 0 Å². The number of hydrogen-bond acceptors (Lipinski definition) is 8. The lowest BCUT2D eigenvalue weighted by atomic mass is 9.76. The van der Waals surface area contributed by atoms with Gasteiger partial charge in [-0.2, -0.15) is 0 Å². The van der Waals surface area contributed by atoms with Crippen LogP contribution in [0.2, 0.25) is 0 Å². The molecule has 8 N–H and O–H groups in total. The summed E-state index contributed by atoms with van der Waals surface area (Å²) < 4.78 is 0. The number of hydrogen-bond donors (Lipinski definition) is 8. The third-order valence-corrected chi connectivity index (χ3v) is 3.37. The van der Waals surface area contributed by atoms with E-state index in [-0.39, 0.29) is 6.42 Å². The Kier molecular flexibility index (Phi) is 5.44. The van der Waals surface area contributed by atoms with Crippen molar-refractivity contribution in [3.8, 4) is 0 Å². The van der Waals surface area contributed by atoms with Gasteiger partial charge in [-0.25, -0.2) is 0 Å². The number of rotatable bonds is 5. The zero-order valence-corrected chi connectivity index (χ0v) is 9.85. The maximum absolute atomic E-state index is 9.93. The molecule has 8 heteroatoms. The van der Waals surface area contributed by atoms with Crippen LogP contribution in [-0.2, 0) is 0 Å². The zero-order chi connectivity index (χ0) is 13.9. The molecule has 0 aromatic rings. The van der Waals surface area contributed by atoms with Crippen molar-refractivity contribution in [1.29, 1.82) is 0 Å². The molecule has 0 amide bonds. The van der Waals surface area contributed by atoms with Gasteiger partial charge in [-0.05, 0) is 6.42 Å². The molecule has 108 valence electrons. The Labute approximate surface area is 104 Å². The Bertz CT molecular complexity index is 263. The predicted octanol–water partition coefficient (Wildman–Crippen LogP) is -4.49. The fraction of sp³-hybridized carbons (Fsp3) is 1.00. The summed E-state index contributed by atoms with van der Waals surface area (Å²) in [5.74, 6) is 0. The van der Waals surface area contributed by atoms with Gasteiger partial charge in [0.2, 0.25) is 0 Å². The fourth-order valence-corrected chi connectivity index (χ4v) is 2.15. The van der Waals surface area contributed by atoms with Crippen molar-refractivity contribution in [2.75, 3.05) is 19.8 Å². The maximum atomic E-state index is 9.93. The molecule has 0 aromatic carbocycles. The molecule has 1 aliphatic rings. The second-order valence-electron chi connectivity index (χ2n) is 4.73. The third kappa shape index (κ3) is 2.98. The van der Waals surface area contributed by atoms with Gasteiger partial charge in [0.05, 0.1) is 32.0 Å². The minimum Gasteiger partial charge on any atom is -0.395 e. The van der Waals surface area contributed by atoms with Crippen molar-refractivity contribution in [2.45, 2.75) is 42.4 Å². The molecule has 5 atom stereocenters. The molecular formula is C10H21NO7. The van der Waals surface area contributed by atoms with Crippen molar-refractivity contribution in [1.82, 2.24) is 5.32 Å². The Morgan fingerprint density at radius 1 is 1.06 bits per heavy atom. The van der Waals surface area contributed by atoms with Crippen LogP contribution in [0, 0.1) is 0 Å². The van der Waals surface area contributed by atoms with Crippen molar-refractivity contribution < 1.29 is 35.7 Å². The van der Waals surface area contributed by atoms with E-state index in [1.807, 2.05) is 0 Å². The minimum absolute atomic E-state index is 0.223. The van der Waals surface area contributed by atoms with Crippen LogP contribution in [0.3, 0.4) is 0 Å². The van der Waals surface area contributed by atoms with E-state index in [0.29, 0.717) is 0 Å². The van der Waals surface area contributed by atoms with Crippen LogP contribution in [0.4, 0.5) is 0 Å². The smallest absolute Gasteiger partial charge is 0.118 e. The molecule has 0 radical (unpaired) electrons. The number of aliphatic hydroxyl groups excluding tert-OH is 6. The van der Waals surface area contributed by atoms with Crippen LogP contribution >= 0.6 is 0 Å². The average molecular weight is 267 g/mol. The Hall–Kier alpha value is -0.320. The van der Waals surface area contributed by atoms with Gasteiger partial charge in [-0.15, -0.1) is 0 Å². The van der Waals surface area contributed by atoms with Gasteiger partial charge in [-0.3, -0.25) is 0 Å². The van der Waals surface area contributed by atoms with E-state index in [2.05, 4.69) is 5.32 Å². The molecule has 2 unspecified atom stereocenters. The minimum atomic E-state index is -1.94. The highest BCUT2D eigenvalue weighted by Gasteiger charge is 2.51. The average Bonchev–Trinajstić information content (AvgIpc) is 2.39. The van der Waals surface area contributed by atoms with Crippen LogP contribution in [-0.4, -0.2) is 91.6 Å². The summed E-state index contributed by atoms with van der Waals surface area (Å²) in [5, 5.41) is 68.4. The first-order valence-electron chi connectivity index (χ1n) is 5.74. The molecule has 0 spiro atoms. The summed E-state index contributed by atoms with van der Waals surface area (Å²) in [6, 6.07) is -1.60. The standard InChI is InChI=1S/C10H21NO7/c12-2-5(3-13)11-6-1-10(18,4-14)9(17)8(16)7(6)15/h5-9,11-18H,1-4H2/t6-,7-,8?,9-,10?/m0/s1. The molecule has 1 fully saturated rings. The first-order valence-corrected chi connectivity index (χ1v) is 5.74. The molecule has 0 aliphatic heterocycles. The Balaban J connectivity index is 2.79. The monoisotopic (exact) mass is 267 g/mol. The molecule has 0 saturated heterocycles. The summed E-state index contributed by atoms with van der Waals surface area (Å²) >= 11 is 0. The predicted molar refractivity (Wildman–Crippen MR) is 59.6 cm³/mol. The normalized spacial score (nSPS) is 41.3. The first kappa shape index (κ1) is 15.7. The highest BCUT2D eigenvalue weighted by atomic mass is 16.4. The summed E-state index contributed by atoms with van der Waals surface area (Å²) in [4.78, 5) is 0. The topological polar surface area (TPSA) is 154 Å². The van der Waals surface area contributed by atoms with Gasteiger partial charge in [-0.1, -0.05) is 0 Å². The summed E-state index contributed by atoms with van der Waals surface area (Å²) in [7, 11) is 0. The summed E-state index contributed by atoms with van der Waals surface area (Å²) in [6.07, 6.45) is -4.91. The molecule has 1 saturated carbocycles. The second kappa shape index (κ2) is 6.22. The van der Waals surface area contributed by atoms with Gasteiger partial charge in [0.25, 0.3) is 0 Å². The van der Waals surface area contributed by atoms with Gasteiger partial charge in [0.15, 0.2) is 0 Å². The lowest BCUT2D eigenvalue weighted by molar-refractivity contribution is -0.207. The van der Waals surface area contributed by atoms with Crippen LogP contribution in [0.25, 0.3) is 0 Å². The highest BCUT2D eigenvalue weighted by Crippen LogP contribution is 2.29. The molecule has 0 heterocycles. The van der Waals surface area contributed by atoms with E-state index in [9.17, 15) is 20.4 Å². The highest BCUT2D eigenvalue weighted by molar-refractivity contribution is 5.05. The molecule has 0 bridgehead atoms. The fourth-order valence-electron chi connectivity index (χ4n) is 2.15.